The van der Waals surface area contributed by atoms with Gasteiger partial charge in [-0.15, -0.1) is 0 Å². The van der Waals surface area contributed by atoms with Crippen LogP contribution >= 0.6 is 0 Å². The maximum absolute atomic E-state index is 12.8. The summed E-state index contributed by atoms with van der Waals surface area (Å²) in [4.78, 5) is 27.9. The van der Waals surface area contributed by atoms with Crippen molar-refractivity contribution in [3.8, 4) is 0 Å². The lowest BCUT2D eigenvalue weighted by Crippen LogP contribution is -2.28. The number of carbonyl (C=O) groups excluding carboxylic acids is 2. The zero-order valence-corrected chi connectivity index (χ0v) is 32.0. The van der Waals surface area contributed by atoms with E-state index in [1.165, 1.54) is 103 Å². The minimum absolute atomic E-state index is 0.0244. The van der Waals surface area contributed by atoms with E-state index in [-0.39, 0.29) is 24.1 Å². The summed E-state index contributed by atoms with van der Waals surface area (Å²) in [5.74, 6) is -0.0488. The smallest absolute Gasteiger partial charge is 0.306 e. The molecule has 0 heterocycles. The van der Waals surface area contributed by atoms with Crippen LogP contribution in [0.1, 0.15) is 220 Å². The highest BCUT2D eigenvalue weighted by atomic mass is 16.5. The lowest BCUT2D eigenvalue weighted by Gasteiger charge is -2.24. The fraction of sp³-hybridized carbons (Fsp3) is 0.951. The van der Waals surface area contributed by atoms with E-state index in [9.17, 15) is 9.59 Å². The predicted octanol–water partition coefficient (Wildman–Crippen LogP) is 12.5. The van der Waals surface area contributed by atoms with Crippen LogP contribution in [0.15, 0.2) is 0 Å². The molecule has 0 saturated heterocycles. The lowest BCUT2D eigenvalue weighted by atomic mass is 10.0. The Balaban J connectivity index is 4.59. The fourth-order valence-electron chi connectivity index (χ4n) is 6.54. The Labute approximate surface area is 288 Å². The van der Waals surface area contributed by atoms with Gasteiger partial charge in [0.15, 0.2) is 0 Å². The molecule has 274 valence electrons. The number of unbranched alkanes of at least 4 members (excludes halogenated alkanes) is 16. The third-order valence-corrected chi connectivity index (χ3v) is 9.68. The highest BCUT2D eigenvalue weighted by Gasteiger charge is 2.18. The molecule has 0 fully saturated rings. The summed E-state index contributed by atoms with van der Waals surface area (Å²) >= 11 is 0. The molecule has 5 nitrogen and oxygen atoms in total. The first-order valence-corrected chi connectivity index (χ1v) is 20.4. The van der Waals surface area contributed by atoms with Crippen molar-refractivity contribution in [1.29, 1.82) is 0 Å². The van der Waals surface area contributed by atoms with Crippen LogP contribution in [0.5, 0.6) is 0 Å². The first-order chi connectivity index (χ1) is 22.4. The zero-order valence-electron chi connectivity index (χ0n) is 32.0. The van der Waals surface area contributed by atoms with Crippen LogP contribution in [0.4, 0.5) is 0 Å². The number of hydrogen-bond acceptors (Lipinski definition) is 5. The van der Waals surface area contributed by atoms with Gasteiger partial charge >= 0.3 is 11.9 Å². The zero-order chi connectivity index (χ0) is 34.1. The maximum Gasteiger partial charge on any atom is 0.306 e. The van der Waals surface area contributed by atoms with Gasteiger partial charge in [0, 0.05) is 18.9 Å². The van der Waals surface area contributed by atoms with Crippen molar-refractivity contribution >= 4 is 11.9 Å². The van der Waals surface area contributed by atoms with Crippen LogP contribution in [0.3, 0.4) is 0 Å². The molecule has 0 aliphatic heterocycles. The molecular formula is C41H81NO4. The maximum atomic E-state index is 12.8. The molecule has 5 heteroatoms. The number of carbonyl (C=O) groups is 2. The van der Waals surface area contributed by atoms with Crippen molar-refractivity contribution < 1.29 is 19.1 Å². The van der Waals surface area contributed by atoms with E-state index in [0.29, 0.717) is 18.9 Å². The molecule has 0 bridgehead atoms. The molecule has 46 heavy (non-hydrogen) atoms. The number of ether oxygens (including phenoxy) is 2. The topological polar surface area (TPSA) is 55.8 Å². The van der Waals surface area contributed by atoms with Gasteiger partial charge in [0.2, 0.25) is 0 Å². The molecule has 0 atom stereocenters. The molecule has 0 aromatic heterocycles. The third-order valence-electron chi connectivity index (χ3n) is 9.68. The van der Waals surface area contributed by atoms with Gasteiger partial charge in [0.25, 0.3) is 0 Å². The van der Waals surface area contributed by atoms with E-state index in [0.717, 1.165) is 77.0 Å². The third kappa shape index (κ3) is 29.1. The molecule has 0 radical (unpaired) electrons. The molecule has 0 N–H and O–H groups in total. The average Bonchev–Trinajstić information content (AvgIpc) is 3.03. The van der Waals surface area contributed by atoms with Crippen molar-refractivity contribution in [3.05, 3.63) is 0 Å². The summed E-state index contributed by atoms with van der Waals surface area (Å²) in [5.41, 5.74) is 0. The second-order valence-corrected chi connectivity index (χ2v) is 14.4. The molecular weight excluding hydrogens is 570 g/mol. The Bertz CT molecular complexity index is 587. The molecule has 0 aromatic carbocycles. The normalized spacial score (nSPS) is 11.8. The Kier molecular flexibility index (Phi) is 33.0. The van der Waals surface area contributed by atoms with Gasteiger partial charge in [-0.2, -0.15) is 0 Å². The van der Waals surface area contributed by atoms with Gasteiger partial charge < -0.3 is 14.4 Å². The van der Waals surface area contributed by atoms with E-state index in [1.54, 1.807) is 0 Å². The van der Waals surface area contributed by atoms with Crippen molar-refractivity contribution in [3.63, 3.8) is 0 Å². The molecule has 0 aromatic rings. The number of esters is 2. The number of nitrogens with zero attached hydrogens (tertiary/aromatic N) is 1. The van der Waals surface area contributed by atoms with Crippen LogP contribution in [-0.4, -0.2) is 49.2 Å². The minimum atomic E-state index is -0.0244. The predicted molar refractivity (Wildman–Crippen MR) is 198 cm³/mol. The SMILES string of the molecule is CCCCCCCC(CCCCCCC)OC(=O)CCCC(CCCC(=O)OC(CCCCCCC)CCCCCCC)N(C)C. The Morgan fingerprint density at radius 2 is 0.696 bits per heavy atom. The lowest BCUT2D eigenvalue weighted by molar-refractivity contribution is -0.150. The van der Waals surface area contributed by atoms with Gasteiger partial charge in [0.05, 0.1) is 0 Å². The van der Waals surface area contributed by atoms with Crippen LogP contribution in [0, 0.1) is 0 Å². The van der Waals surface area contributed by atoms with Crippen molar-refractivity contribution in [2.24, 2.45) is 0 Å². The Hall–Kier alpha value is -1.10. The van der Waals surface area contributed by atoms with Crippen LogP contribution in [0.25, 0.3) is 0 Å². The Morgan fingerprint density at radius 3 is 0.957 bits per heavy atom. The summed E-state index contributed by atoms with van der Waals surface area (Å²) in [7, 11) is 4.23. The fourth-order valence-corrected chi connectivity index (χ4v) is 6.54. The molecule has 0 rings (SSSR count). The van der Waals surface area contributed by atoms with Gasteiger partial charge in [-0.1, -0.05) is 130 Å². The summed E-state index contributed by atoms with van der Waals surface area (Å²) < 4.78 is 12.1. The standard InChI is InChI=1S/C41H81NO4/c1-7-11-15-19-23-31-38(32-24-20-16-12-8-2)45-40(43)35-27-29-37(42(5)6)30-28-36-41(44)46-39(33-25-21-17-13-9-3)34-26-22-18-14-10-4/h37-39H,7-36H2,1-6H3. The number of hydrogen-bond donors (Lipinski definition) is 0. The van der Waals surface area contributed by atoms with E-state index in [1.807, 2.05) is 0 Å². The quantitative estimate of drug-likeness (QED) is 0.0504. The highest BCUT2D eigenvalue weighted by Crippen LogP contribution is 2.20. The van der Waals surface area contributed by atoms with E-state index in [4.69, 9.17) is 9.47 Å². The molecule has 0 aliphatic rings. The number of rotatable bonds is 35. The first kappa shape index (κ1) is 44.9. The van der Waals surface area contributed by atoms with Crippen molar-refractivity contribution in [2.45, 2.75) is 239 Å². The summed E-state index contributed by atoms with van der Waals surface area (Å²) in [6.07, 6.45) is 33.8. The van der Waals surface area contributed by atoms with Gasteiger partial charge in [-0.3, -0.25) is 9.59 Å². The second-order valence-electron chi connectivity index (χ2n) is 14.4. The minimum Gasteiger partial charge on any atom is -0.462 e. The Morgan fingerprint density at radius 1 is 0.413 bits per heavy atom. The monoisotopic (exact) mass is 652 g/mol. The molecule has 0 unspecified atom stereocenters. The highest BCUT2D eigenvalue weighted by molar-refractivity contribution is 5.69. The van der Waals surface area contributed by atoms with Gasteiger partial charge in [0.1, 0.15) is 12.2 Å². The van der Waals surface area contributed by atoms with Crippen molar-refractivity contribution in [1.82, 2.24) is 4.90 Å². The van der Waals surface area contributed by atoms with E-state index >= 15 is 0 Å². The van der Waals surface area contributed by atoms with Crippen molar-refractivity contribution in [2.75, 3.05) is 14.1 Å². The molecule has 0 aliphatic carbocycles. The summed E-state index contributed by atoms with van der Waals surface area (Å²) in [5, 5.41) is 0. The van der Waals surface area contributed by atoms with E-state index < -0.39 is 0 Å². The second kappa shape index (κ2) is 33.8. The summed E-state index contributed by atoms with van der Waals surface area (Å²) in [6, 6.07) is 0.362. The van der Waals surface area contributed by atoms with Crippen LogP contribution in [0.2, 0.25) is 0 Å². The first-order valence-electron chi connectivity index (χ1n) is 20.4. The van der Waals surface area contributed by atoms with Crippen LogP contribution < -0.4 is 0 Å². The summed E-state index contributed by atoms with van der Waals surface area (Å²) in [6.45, 7) is 9.00. The molecule has 0 saturated carbocycles. The largest absolute Gasteiger partial charge is 0.462 e. The van der Waals surface area contributed by atoms with E-state index in [2.05, 4.69) is 46.7 Å². The molecule has 0 spiro atoms. The molecule has 0 amide bonds. The van der Waals surface area contributed by atoms with Gasteiger partial charge in [-0.25, -0.2) is 0 Å². The average molecular weight is 652 g/mol. The van der Waals surface area contributed by atoms with Crippen LogP contribution in [-0.2, 0) is 19.1 Å². The van der Waals surface area contributed by atoms with Gasteiger partial charge in [-0.05, 0) is 91.1 Å².